The molecule has 7 heteroatoms. The number of nitrogens with zero attached hydrogens (tertiary/aromatic N) is 2. The third-order valence-corrected chi connectivity index (χ3v) is 6.39. The summed E-state index contributed by atoms with van der Waals surface area (Å²) in [6.07, 6.45) is 3.79. The van der Waals surface area contributed by atoms with Crippen molar-refractivity contribution in [1.82, 2.24) is 4.98 Å². The SMILES string of the molecule is NC1=N[C@@]2(CS1)c1cc(-c3cncc(F)c3)ccc1O[C@H]1CCOC[C@@H]12. The fourth-order valence-electron chi connectivity index (χ4n) is 4.16. The van der Waals surface area contributed by atoms with Crippen molar-refractivity contribution in [2.24, 2.45) is 16.6 Å². The van der Waals surface area contributed by atoms with Crippen LogP contribution in [-0.2, 0) is 10.3 Å². The van der Waals surface area contributed by atoms with Gasteiger partial charge in [-0.05, 0) is 23.8 Å². The Morgan fingerprint density at radius 3 is 2.96 bits per heavy atom. The van der Waals surface area contributed by atoms with Crippen LogP contribution in [0.15, 0.2) is 41.7 Å². The van der Waals surface area contributed by atoms with Gasteiger partial charge in [-0.15, -0.1) is 0 Å². The van der Waals surface area contributed by atoms with Crippen LogP contribution < -0.4 is 10.5 Å². The van der Waals surface area contributed by atoms with Gasteiger partial charge in [0, 0.05) is 35.4 Å². The molecule has 4 heterocycles. The Bertz CT molecular complexity index is 906. The molecule has 134 valence electrons. The number of rotatable bonds is 1. The van der Waals surface area contributed by atoms with Crippen molar-refractivity contribution < 1.29 is 13.9 Å². The number of pyridine rings is 1. The van der Waals surface area contributed by atoms with E-state index in [1.807, 2.05) is 18.2 Å². The summed E-state index contributed by atoms with van der Waals surface area (Å²) in [6.45, 7) is 1.30. The van der Waals surface area contributed by atoms with Gasteiger partial charge in [-0.2, -0.15) is 0 Å². The van der Waals surface area contributed by atoms with E-state index in [0.717, 1.165) is 34.6 Å². The van der Waals surface area contributed by atoms with E-state index >= 15 is 0 Å². The Morgan fingerprint density at radius 2 is 2.15 bits per heavy atom. The first kappa shape index (κ1) is 16.1. The number of aromatic nitrogens is 1. The van der Waals surface area contributed by atoms with Crippen molar-refractivity contribution in [3.8, 4) is 16.9 Å². The van der Waals surface area contributed by atoms with Crippen molar-refractivity contribution in [3.05, 3.63) is 48.0 Å². The number of nitrogens with two attached hydrogens (primary N) is 1. The molecule has 1 fully saturated rings. The Hall–Kier alpha value is -2.12. The zero-order chi connectivity index (χ0) is 17.7. The normalized spacial score (nSPS) is 29.7. The van der Waals surface area contributed by atoms with Crippen molar-refractivity contribution in [3.63, 3.8) is 0 Å². The molecule has 0 saturated carbocycles. The van der Waals surface area contributed by atoms with E-state index in [0.29, 0.717) is 18.4 Å². The van der Waals surface area contributed by atoms with Gasteiger partial charge in [-0.1, -0.05) is 17.8 Å². The molecule has 0 bridgehead atoms. The van der Waals surface area contributed by atoms with Gasteiger partial charge in [0.05, 0.1) is 19.4 Å². The smallest absolute Gasteiger partial charge is 0.154 e. The van der Waals surface area contributed by atoms with Crippen LogP contribution in [0.4, 0.5) is 4.39 Å². The molecule has 0 unspecified atom stereocenters. The highest BCUT2D eigenvalue weighted by Gasteiger charge is 2.53. The molecule has 0 aliphatic carbocycles. The zero-order valence-electron chi connectivity index (χ0n) is 14.0. The first-order chi connectivity index (χ1) is 12.7. The minimum absolute atomic E-state index is 0.0770. The average Bonchev–Trinajstić information content (AvgIpc) is 3.04. The van der Waals surface area contributed by atoms with Gasteiger partial charge in [0.15, 0.2) is 5.17 Å². The highest BCUT2D eigenvalue weighted by Crippen LogP contribution is 2.52. The Labute approximate surface area is 154 Å². The summed E-state index contributed by atoms with van der Waals surface area (Å²) in [7, 11) is 0. The number of thioether (sulfide) groups is 1. The third kappa shape index (κ3) is 2.41. The lowest BCUT2D eigenvalue weighted by Crippen LogP contribution is -2.52. The molecule has 3 aliphatic rings. The predicted octanol–water partition coefficient (Wildman–Crippen LogP) is 2.94. The summed E-state index contributed by atoms with van der Waals surface area (Å²) < 4.78 is 25.6. The Kier molecular flexibility index (Phi) is 3.68. The Balaban J connectivity index is 1.67. The second-order valence-electron chi connectivity index (χ2n) is 6.89. The largest absolute Gasteiger partial charge is 0.489 e. The number of hydrogen-bond acceptors (Lipinski definition) is 6. The highest BCUT2D eigenvalue weighted by atomic mass is 32.2. The molecular weight excluding hydrogens is 353 g/mol. The summed E-state index contributed by atoms with van der Waals surface area (Å²) in [5.41, 5.74) is 8.22. The fourth-order valence-corrected chi connectivity index (χ4v) is 5.19. The van der Waals surface area contributed by atoms with Gasteiger partial charge in [0.1, 0.15) is 23.2 Å². The van der Waals surface area contributed by atoms with Crippen molar-refractivity contribution in [2.75, 3.05) is 19.0 Å². The van der Waals surface area contributed by atoms with Crippen LogP contribution in [-0.4, -0.2) is 35.2 Å². The van der Waals surface area contributed by atoms with Crippen molar-refractivity contribution in [1.29, 1.82) is 0 Å². The lowest BCUT2D eigenvalue weighted by molar-refractivity contribution is -0.0628. The number of fused-ring (bicyclic) bond motifs is 4. The summed E-state index contributed by atoms with van der Waals surface area (Å²) >= 11 is 1.57. The number of benzene rings is 1. The van der Waals surface area contributed by atoms with E-state index in [4.69, 9.17) is 20.2 Å². The number of hydrogen-bond donors (Lipinski definition) is 1. The second-order valence-corrected chi connectivity index (χ2v) is 7.89. The van der Waals surface area contributed by atoms with Gasteiger partial charge >= 0.3 is 0 Å². The summed E-state index contributed by atoms with van der Waals surface area (Å²) in [5.74, 6) is 1.37. The number of aliphatic imine (C=N–C) groups is 1. The van der Waals surface area contributed by atoms with E-state index in [9.17, 15) is 4.39 Å². The molecule has 1 aromatic heterocycles. The van der Waals surface area contributed by atoms with E-state index in [1.165, 1.54) is 12.3 Å². The molecule has 3 atom stereocenters. The van der Waals surface area contributed by atoms with Crippen molar-refractivity contribution >= 4 is 16.9 Å². The van der Waals surface area contributed by atoms with Gasteiger partial charge in [-0.3, -0.25) is 4.98 Å². The first-order valence-electron chi connectivity index (χ1n) is 8.64. The minimum atomic E-state index is -0.454. The van der Waals surface area contributed by atoms with Crippen LogP contribution >= 0.6 is 11.8 Å². The van der Waals surface area contributed by atoms with E-state index in [1.54, 1.807) is 18.0 Å². The average molecular weight is 371 g/mol. The van der Waals surface area contributed by atoms with Crippen LogP contribution in [0.2, 0.25) is 0 Å². The van der Waals surface area contributed by atoms with E-state index < -0.39 is 5.54 Å². The molecule has 1 aromatic carbocycles. The van der Waals surface area contributed by atoms with Gasteiger partial charge in [0.25, 0.3) is 0 Å². The molecule has 3 aliphatic heterocycles. The summed E-state index contributed by atoms with van der Waals surface area (Å²) in [6, 6.07) is 7.42. The second kappa shape index (κ2) is 5.96. The zero-order valence-corrected chi connectivity index (χ0v) is 14.8. The molecule has 2 N–H and O–H groups in total. The highest BCUT2D eigenvalue weighted by molar-refractivity contribution is 8.14. The van der Waals surface area contributed by atoms with Gasteiger partial charge in [-0.25, -0.2) is 9.38 Å². The topological polar surface area (TPSA) is 69.7 Å². The molecule has 5 rings (SSSR count). The maximum absolute atomic E-state index is 13.6. The molecule has 2 aromatic rings. The first-order valence-corrected chi connectivity index (χ1v) is 9.62. The number of halogens is 1. The molecule has 0 radical (unpaired) electrons. The molecule has 5 nitrogen and oxygen atoms in total. The van der Waals surface area contributed by atoms with E-state index in [-0.39, 0.29) is 17.8 Å². The number of ether oxygens (including phenoxy) is 2. The van der Waals surface area contributed by atoms with Crippen LogP contribution in [0, 0.1) is 11.7 Å². The number of amidine groups is 1. The summed E-state index contributed by atoms with van der Waals surface area (Å²) in [5, 5.41) is 0.597. The molecular formula is C19H18FN3O2S. The standard InChI is InChI=1S/C19H18FN3O2S/c20-13-5-12(7-22-8-13)11-1-2-16-14(6-11)19(10-26-18(21)23-19)15-9-24-4-3-17(15)25-16/h1-2,5-8,15,17H,3-4,9-10H2,(H2,21,23)/t15-,17-,19-/m0/s1. The predicted molar refractivity (Wildman–Crippen MR) is 98.7 cm³/mol. The van der Waals surface area contributed by atoms with Gasteiger partial charge in [0.2, 0.25) is 0 Å². The molecule has 26 heavy (non-hydrogen) atoms. The lowest BCUT2D eigenvalue weighted by Gasteiger charge is -2.46. The van der Waals surface area contributed by atoms with Crippen molar-refractivity contribution in [2.45, 2.75) is 18.1 Å². The van der Waals surface area contributed by atoms with Gasteiger partial charge < -0.3 is 15.2 Å². The molecule has 1 saturated heterocycles. The molecule has 1 spiro atoms. The fraction of sp³-hybridized carbons (Fsp3) is 0.368. The third-order valence-electron chi connectivity index (χ3n) is 5.42. The lowest BCUT2D eigenvalue weighted by atomic mass is 9.73. The van der Waals surface area contributed by atoms with Crippen LogP contribution in [0.3, 0.4) is 0 Å². The monoisotopic (exact) mass is 371 g/mol. The van der Waals surface area contributed by atoms with E-state index in [2.05, 4.69) is 4.98 Å². The molecule has 0 amide bonds. The van der Waals surface area contributed by atoms with Crippen LogP contribution in [0.25, 0.3) is 11.1 Å². The quantitative estimate of drug-likeness (QED) is 0.835. The van der Waals surface area contributed by atoms with Crippen LogP contribution in [0.5, 0.6) is 5.75 Å². The maximum atomic E-state index is 13.6. The maximum Gasteiger partial charge on any atom is 0.154 e. The van der Waals surface area contributed by atoms with Crippen LogP contribution in [0.1, 0.15) is 12.0 Å². The summed E-state index contributed by atoms with van der Waals surface area (Å²) in [4.78, 5) is 8.83. The Morgan fingerprint density at radius 1 is 1.23 bits per heavy atom. The minimum Gasteiger partial charge on any atom is -0.489 e.